The molecule has 0 aliphatic carbocycles. The highest BCUT2D eigenvalue weighted by Crippen LogP contribution is 2.46. The summed E-state index contributed by atoms with van der Waals surface area (Å²) in [5.41, 5.74) is 2.19. The number of fused-ring (bicyclic) bond motifs is 6. The van der Waals surface area contributed by atoms with E-state index in [0.29, 0.717) is 36.1 Å². The maximum Gasteiger partial charge on any atom is 0.306 e. The molecule has 4 aliphatic rings. The molecule has 6 rings (SSSR count). The van der Waals surface area contributed by atoms with Gasteiger partial charge in [0.25, 0.3) is 0 Å². The van der Waals surface area contributed by atoms with Crippen LogP contribution in [0.5, 0.6) is 23.0 Å². The van der Waals surface area contributed by atoms with Gasteiger partial charge in [-0.15, -0.1) is 0 Å². The topological polar surface area (TPSA) is 57.2 Å². The van der Waals surface area contributed by atoms with Crippen molar-refractivity contribution in [2.24, 2.45) is 0 Å². The number of aryl methyl sites for hydroxylation is 1. The van der Waals surface area contributed by atoms with Gasteiger partial charge < -0.3 is 18.9 Å². The van der Waals surface area contributed by atoms with Gasteiger partial charge in [0.15, 0.2) is 11.5 Å². The van der Waals surface area contributed by atoms with Crippen LogP contribution in [0.1, 0.15) is 55.7 Å². The number of nitrogens with zero attached hydrogens (tertiary/aromatic N) is 1. The maximum atomic E-state index is 12.7. The predicted octanol–water partition coefficient (Wildman–Crippen LogP) is 5.04. The Balaban J connectivity index is 1.61. The number of methoxy groups -OCH3 is 2. The van der Waals surface area contributed by atoms with E-state index >= 15 is 0 Å². The molecule has 6 heteroatoms. The van der Waals surface area contributed by atoms with Gasteiger partial charge in [-0.1, -0.05) is 18.6 Å². The second-order valence-corrected chi connectivity index (χ2v) is 8.99. The average Bonchev–Trinajstić information content (AvgIpc) is 2.82. The first kappa shape index (κ1) is 21.1. The van der Waals surface area contributed by atoms with Crippen LogP contribution in [0.25, 0.3) is 0 Å². The molecule has 6 bridgehead atoms. The Morgan fingerprint density at radius 1 is 1.00 bits per heavy atom. The molecule has 0 spiro atoms. The van der Waals surface area contributed by atoms with E-state index in [1.54, 1.807) is 14.2 Å². The molecule has 2 aromatic carbocycles. The van der Waals surface area contributed by atoms with Crippen LogP contribution in [-0.2, 0) is 16.0 Å². The van der Waals surface area contributed by atoms with Gasteiger partial charge in [0.05, 0.1) is 14.2 Å². The smallest absolute Gasteiger partial charge is 0.306 e. The van der Waals surface area contributed by atoms with Gasteiger partial charge in [-0.2, -0.15) is 0 Å². The molecule has 4 aliphatic heterocycles. The predicted molar refractivity (Wildman–Crippen MR) is 121 cm³/mol. The van der Waals surface area contributed by atoms with E-state index in [4.69, 9.17) is 18.9 Å². The zero-order valence-corrected chi connectivity index (χ0v) is 18.8. The molecule has 32 heavy (non-hydrogen) atoms. The SMILES string of the molecule is COc1cc2cc(c1OC)Oc1ccc(cc1)CCC(=O)O[C@H]1C[C@H]3CCCCN3[C@H]2C1. The molecule has 2 saturated heterocycles. The van der Waals surface area contributed by atoms with Crippen LogP contribution < -0.4 is 14.2 Å². The Morgan fingerprint density at radius 3 is 2.62 bits per heavy atom. The lowest BCUT2D eigenvalue weighted by molar-refractivity contribution is -0.154. The first-order valence-corrected chi connectivity index (χ1v) is 11.6. The molecule has 0 amide bonds. The molecule has 3 atom stereocenters. The van der Waals surface area contributed by atoms with Crippen molar-refractivity contribution in [1.82, 2.24) is 4.90 Å². The van der Waals surface area contributed by atoms with E-state index in [1.807, 2.05) is 30.3 Å². The number of hydrogen-bond acceptors (Lipinski definition) is 6. The van der Waals surface area contributed by atoms with Crippen molar-refractivity contribution in [1.29, 1.82) is 0 Å². The quantitative estimate of drug-likeness (QED) is 0.614. The lowest BCUT2D eigenvalue weighted by Gasteiger charge is -2.47. The van der Waals surface area contributed by atoms with Crippen LogP contribution in [0.2, 0.25) is 0 Å². The van der Waals surface area contributed by atoms with Crippen molar-refractivity contribution >= 4 is 5.97 Å². The molecular formula is C26H31NO5. The largest absolute Gasteiger partial charge is 0.493 e. The minimum Gasteiger partial charge on any atom is -0.493 e. The Morgan fingerprint density at radius 2 is 1.84 bits per heavy atom. The third-order valence-corrected chi connectivity index (χ3v) is 7.01. The fraction of sp³-hybridized carbons (Fsp3) is 0.500. The first-order valence-electron chi connectivity index (χ1n) is 11.6. The molecule has 2 fully saturated rings. The zero-order valence-electron chi connectivity index (χ0n) is 18.8. The molecule has 0 unspecified atom stereocenters. The number of hydrogen-bond donors (Lipinski definition) is 0. The summed E-state index contributed by atoms with van der Waals surface area (Å²) >= 11 is 0. The second kappa shape index (κ2) is 9.02. The van der Waals surface area contributed by atoms with Crippen LogP contribution in [0.15, 0.2) is 36.4 Å². The van der Waals surface area contributed by atoms with Crippen LogP contribution >= 0.6 is 0 Å². The molecule has 0 saturated carbocycles. The van der Waals surface area contributed by atoms with Gasteiger partial charge in [-0.3, -0.25) is 9.69 Å². The zero-order chi connectivity index (χ0) is 22.1. The van der Waals surface area contributed by atoms with E-state index in [2.05, 4.69) is 11.0 Å². The van der Waals surface area contributed by atoms with E-state index in [9.17, 15) is 4.79 Å². The summed E-state index contributed by atoms with van der Waals surface area (Å²) in [6.07, 6.45) is 6.24. The molecule has 4 heterocycles. The lowest BCUT2D eigenvalue weighted by atomic mass is 9.84. The normalized spacial score (nSPS) is 25.6. The standard InChI is InChI=1S/C26H31NO5/c1-29-23-13-18-14-24(26(23)30-2)31-20-9-6-17(7-10-20)8-11-25(28)32-21-15-19-5-3-4-12-27(19)22(18)16-21/h6-7,9-10,13-14,19,21-22H,3-5,8,11-12,15-16H2,1-2H3/t19-,21+,22+/m1/s1. The Labute approximate surface area is 189 Å². The van der Waals surface area contributed by atoms with Crippen molar-refractivity contribution in [3.8, 4) is 23.0 Å². The van der Waals surface area contributed by atoms with Crippen molar-refractivity contribution in [3.63, 3.8) is 0 Å². The van der Waals surface area contributed by atoms with Gasteiger partial charge in [0.2, 0.25) is 5.75 Å². The van der Waals surface area contributed by atoms with Gasteiger partial charge in [-0.25, -0.2) is 0 Å². The summed E-state index contributed by atoms with van der Waals surface area (Å²) in [7, 11) is 3.28. The Kier molecular flexibility index (Phi) is 5.96. The van der Waals surface area contributed by atoms with Crippen molar-refractivity contribution in [2.45, 2.75) is 63.1 Å². The lowest BCUT2D eigenvalue weighted by Crippen LogP contribution is -2.49. The summed E-state index contributed by atoms with van der Waals surface area (Å²) in [4.78, 5) is 15.2. The van der Waals surface area contributed by atoms with E-state index in [-0.39, 0.29) is 18.1 Å². The number of piperidine rings is 2. The van der Waals surface area contributed by atoms with Crippen molar-refractivity contribution < 1.29 is 23.7 Å². The molecule has 2 aromatic rings. The summed E-state index contributed by atoms with van der Waals surface area (Å²) < 4.78 is 23.7. The third kappa shape index (κ3) is 4.16. The van der Waals surface area contributed by atoms with E-state index < -0.39 is 0 Å². The number of rotatable bonds is 2. The van der Waals surface area contributed by atoms with E-state index in [0.717, 1.165) is 42.7 Å². The molecule has 6 nitrogen and oxygen atoms in total. The minimum absolute atomic E-state index is 0.0729. The Hall–Kier alpha value is -2.73. The monoisotopic (exact) mass is 437 g/mol. The van der Waals surface area contributed by atoms with Crippen LogP contribution in [0, 0.1) is 0 Å². The third-order valence-electron chi connectivity index (χ3n) is 7.01. The van der Waals surface area contributed by atoms with Crippen molar-refractivity contribution in [2.75, 3.05) is 20.8 Å². The fourth-order valence-electron chi connectivity index (χ4n) is 5.45. The molecule has 0 aromatic heterocycles. The average molecular weight is 438 g/mol. The number of carbonyl (C=O) groups is 1. The minimum atomic E-state index is -0.110. The summed E-state index contributed by atoms with van der Waals surface area (Å²) in [5.74, 6) is 2.48. The highest BCUT2D eigenvalue weighted by molar-refractivity contribution is 5.70. The molecular weight excluding hydrogens is 406 g/mol. The summed E-state index contributed by atoms with van der Waals surface area (Å²) in [5, 5.41) is 0. The van der Waals surface area contributed by atoms with Gasteiger partial charge >= 0.3 is 5.97 Å². The van der Waals surface area contributed by atoms with Crippen LogP contribution in [-0.4, -0.2) is 43.8 Å². The van der Waals surface area contributed by atoms with Gasteiger partial charge in [0, 0.05) is 31.3 Å². The number of benzene rings is 2. The van der Waals surface area contributed by atoms with Crippen LogP contribution in [0.4, 0.5) is 0 Å². The molecule has 170 valence electrons. The Bertz CT molecular complexity index is 973. The molecule has 0 N–H and O–H groups in total. The fourth-order valence-corrected chi connectivity index (χ4v) is 5.45. The van der Waals surface area contributed by atoms with Crippen LogP contribution in [0.3, 0.4) is 0 Å². The number of ether oxygens (including phenoxy) is 4. The van der Waals surface area contributed by atoms with E-state index in [1.165, 1.54) is 12.8 Å². The highest BCUT2D eigenvalue weighted by Gasteiger charge is 2.39. The second-order valence-electron chi connectivity index (χ2n) is 8.99. The van der Waals surface area contributed by atoms with Gasteiger partial charge in [0.1, 0.15) is 11.9 Å². The van der Waals surface area contributed by atoms with Crippen molar-refractivity contribution in [3.05, 3.63) is 47.5 Å². The highest BCUT2D eigenvalue weighted by atomic mass is 16.5. The number of carbonyl (C=O) groups excluding carboxylic acids is 1. The number of esters is 1. The first-order chi connectivity index (χ1) is 15.6. The molecule has 0 radical (unpaired) electrons. The maximum absolute atomic E-state index is 12.7. The summed E-state index contributed by atoms with van der Waals surface area (Å²) in [6.45, 7) is 1.06. The summed E-state index contributed by atoms with van der Waals surface area (Å²) in [6, 6.07) is 12.5. The van der Waals surface area contributed by atoms with Gasteiger partial charge in [-0.05, 0) is 61.2 Å².